The van der Waals surface area contributed by atoms with Gasteiger partial charge in [-0.15, -0.1) is 5.10 Å². The molecule has 1 unspecified atom stereocenters. The Balaban J connectivity index is 1.98. The van der Waals surface area contributed by atoms with Gasteiger partial charge in [-0.3, -0.25) is 9.69 Å². The number of nitrogens with two attached hydrogens (primary N) is 1. The maximum absolute atomic E-state index is 14.5. The van der Waals surface area contributed by atoms with E-state index in [0.717, 1.165) is 0 Å². The molecule has 2 N–H and O–H groups in total. The number of primary amides is 1. The van der Waals surface area contributed by atoms with Crippen molar-refractivity contribution in [3.05, 3.63) is 41.5 Å². The number of carbonyl (C=O) groups is 1. The van der Waals surface area contributed by atoms with E-state index >= 15 is 0 Å². The maximum Gasteiger partial charge on any atom is 0.220 e. The lowest BCUT2D eigenvalue weighted by Gasteiger charge is -2.36. The fourth-order valence-corrected chi connectivity index (χ4v) is 3.39. The van der Waals surface area contributed by atoms with E-state index in [-0.39, 0.29) is 23.7 Å². The van der Waals surface area contributed by atoms with Crippen LogP contribution in [-0.2, 0) is 4.79 Å². The van der Waals surface area contributed by atoms with Crippen LogP contribution in [0, 0.1) is 11.7 Å². The lowest BCUT2D eigenvalue weighted by Crippen LogP contribution is -2.42. The number of hydrogen-bond acceptors (Lipinski definition) is 5. The fraction of sp³-hybridized carbons (Fsp3) is 0.529. The molecule has 7 nitrogen and oxygen atoms in total. The lowest BCUT2D eigenvalue weighted by atomic mass is 9.93. The Labute approximate surface area is 146 Å². The molecule has 0 radical (unpaired) electrons. The highest BCUT2D eigenvalue weighted by Gasteiger charge is 2.34. The Hall–Kier alpha value is -2.35. The summed E-state index contributed by atoms with van der Waals surface area (Å²) in [5.41, 5.74) is 5.97. The summed E-state index contributed by atoms with van der Waals surface area (Å²) in [5.74, 6) is -0.0758. The molecule has 1 atom stereocenters. The first-order valence-electron chi connectivity index (χ1n) is 8.54. The number of rotatable bonds is 5. The molecule has 1 amide bonds. The van der Waals surface area contributed by atoms with E-state index in [1.54, 1.807) is 16.8 Å². The van der Waals surface area contributed by atoms with Gasteiger partial charge >= 0.3 is 0 Å². The Morgan fingerprint density at radius 1 is 1.28 bits per heavy atom. The molecular weight excluding hydrogens is 323 g/mol. The standard InChI is InChI=1S/C17H23FN6O/c1-11(2)24-17(20-21-22-24)15(13-5-3-4-6-14(13)18)23-9-7-12(8-10-23)16(19)25/h3-6,11-12,15H,7-10H2,1-2H3,(H2,19,25). The minimum Gasteiger partial charge on any atom is -0.369 e. The van der Waals surface area contributed by atoms with Crippen LogP contribution in [0.15, 0.2) is 24.3 Å². The first kappa shape index (κ1) is 17.5. The van der Waals surface area contributed by atoms with E-state index in [1.165, 1.54) is 6.07 Å². The third kappa shape index (κ3) is 3.53. The minimum absolute atomic E-state index is 0.0578. The number of nitrogens with zero attached hydrogens (tertiary/aromatic N) is 5. The number of benzene rings is 1. The molecule has 1 aliphatic rings. The van der Waals surface area contributed by atoms with Crippen molar-refractivity contribution >= 4 is 5.91 Å². The van der Waals surface area contributed by atoms with Crippen LogP contribution in [0.2, 0.25) is 0 Å². The van der Waals surface area contributed by atoms with Gasteiger partial charge in [0.2, 0.25) is 5.91 Å². The van der Waals surface area contributed by atoms with Crippen LogP contribution in [0.25, 0.3) is 0 Å². The second kappa shape index (κ2) is 7.26. The van der Waals surface area contributed by atoms with E-state index in [9.17, 15) is 9.18 Å². The van der Waals surface area contributed by atoms with Crippen molar-refractivity contribution in [1.29, 1.82) is 0 Å². The van der Waals surface area contributed by atoms with Gasteiger partial charge in [0.15, 0.2) is 5.82 Å². The van der Waals surface area contributed by atoms with E-state index in [0.29, 0.717) is 37.3 Å². The van der Waals surface area contributed by atoms with Crippen molar-refractivity contribution in [2.45, 2.75) is 38.8 Å². The summed E-state index contributed by atoms with van der Waals surface area (Å²) in [6, 6.07) is 6.35. The van der Waals surface area contributed by atoms with Gasteiger partial charge in [0.1, 0.15) is 11.9 Å². The Morgan fingerprint density at radius 3 is 2.56 bits per heavy atom. The summed E-state index contributed by atoms with van der Waals surface area (Å²) >= 11 is 0. The van der Waals surface area contributed by atoms with Crippen LogP contribution < -0.4 is 5.73 Å². The number of aromatic nitrogens is 4. The Kier molecular flexibility index (Phi) is 5.08. The molecule has 2 aromatic rings. The largest absolute Gasteiger partial charge is 0.369 e. The summed E-state index contributed by atoms with van der Waals surface area (Å²) in [7, 11) is 0. The van der Waals surface area contributed by atoms with Gasteiger partial charge in [-0.2, -0.15) is 0 Å². The molecule has 0 saturated carbocycles. The van der Waals surface area contributed by atoms with Crippen molar-refractivity contribution in [2.75, 3.05) is 13.1 Å². The zero-order valence-corrected chi connectivity index (χ0v) is 14.5. The number of hydrogen-bond donors (Lipinski definition) is 1. The summed E-state index contributed by atoms with van der Waals surface area (Å²) in [6.45, 7) is 5.24. The molecule has 1 saturated heterocycles. The zero-order valence-electron chi connectivity index (χ0n) is 14.5. The van der Waals surface area contributed by atoms with E-state index in [2.05, 4.69) is 20.4 Å². The molecule has 2 heterocycles. The molecule has 8 heteroatoms. The molecule has 1 aromatic carbocycles. The van der Waals surface area contributed by atoms with Crippen LogP contribution in [0.3, 0.4) is 0 Å². The molecule has 1 fully saturated rings. The van der Waals surface area contributed by atoms with Crippen molar-refractivity contribution < 1.29 is 9.18 Å². The van der Waals surface area contributed by atoms with Crippen LogP contribution >= 0.6 is 0 Å². The molecule has 0 aliphatic carbocycles. The zero-order chi connectivity index (χ0) is 18.0. The van der Waals surface area contributed by atoms with Crippen molar-refractivity contribution in [3.63, 3.8) is 0 Å². The molecule has 1 aliphatic heterocycles. The monoisotopic (exact) mass is 346 g/mol. The highest BCUT2D eigenvalue weighted by Crippen LogP contribution is 2.33. The molecule has 134 valence electrons. The normalized spacial score (nSPS) is 17.8. The van der Waals surface area contributed by atoms with Gasteiger partial charge in [-0.25, -0.2) is 9.07 Å². The number of halogens is 1. The molecule has 0 spiro atoms. The average molecular weight is 346 g/mol. The van der Waals surface area contributed by atoms with E-state index < -0.39 is 6.04 Å². The Morgan fingerprint density at radius 2 is 1.96 bits per heavy atom. The van der Waals surface area contributed by atoms with Crippen LogP contribution in [0.5, 0.6) is 0 Å². The summed E-state index contributed by atoms with van der Waals surface area (Å²) in [4.78, 5) is 13.6. The summed E-state index contributed by atoms with van der Waals surface area (Å²) in [5, 5.41) is 12.0. The van der Waals surface area contributed by atoms with Gasteiger partial charge in [0, 0.05) is 11.5 Å². The number of tetrazole rings is 1. The molecule has 3 rings (SSSR count). The third-order valence-electron chi connectivity index (χ3n) is 4.75. The smallest absolute Gasteiger partial charge is 0.220 e. The van der Waals surface area contributed by atoms with Crippen LogP contribution in [0.1, 0.15) is 50.2 Å². The maximum atomic E-state index is 14.5. The SMILES string of the molecule is CC(C)n1nnnc1C(c1ccccc1F)N1CCC(C(N)=O)CC1. The molecule has 1 aromatic heterocycles. The summed E-state index contributed by atoms with van der Waals surface area (Å²) < 4.78 is 16.3. The van der Waals surface area contributed by atoms with E-state index in [1.807, 2.05) is 19.9 Å². The van der Waals surface area contributed by atoms with Crippen molar-refractivity contribution in [3.8, 4) is 0 Å². The quantitative estimate of drug-likeness (QED) is 0.889. The van der Waals surface area contributed by atoms with Gasteiger partial charge in [0.05, 0.1) is 6.04 Å². The topological polar surface area (TPSA) is 89.9 Å². The number of carbonyl (C=O) groups excluding carboxylic acids is 1. The molecule has 25 heavy (non-hydrogen) atoms. The average Bonchev–Trinajstić information content (AvgIpc) is 3.07. The number of likely N-dealkylation sites (tertiary alicyclic amines) is 1. The highest BCUT2D eigenvalue weighted by molar-refractivity contribution is 5.76. The van der Waals surface area contributed by atoms with Crippen molar-refractivity contribution in [1.82, 2.24) is 25.1 Å². The van der Waals surface area contributed by atoms with Gasteiger partial charge in [-0.05, 0) is 56.3 Å². The van der Waals surface area contributed by atoms with Gasteiger partial charge < -0.3 is 5.73 Å². The van der Waals surface area contributed by atoms with Crippen LogP contribution in [-0.4, -0.2) is 44.1 Å². The summed E-state index contributed by atoms with van der Waals surface area (Å²) in [6.07, 6.45) is 1.31. The second-order valence-corrected chi connectivity index (χ2v) is 6.71. The van der Waals surface area contributed by atoms with Crippen molar-refractivity contribution in [2.24, 2.45) is 11.7 Å². The third-order valence-corrected chi connectivity index (χ3v) is 4.75. The Bertz CT molecular complexity index is 738. The van der Waals surface area contributed by atoms with Gasteiger partial charge in [-0.1, -0.05) is 18.2 Å². The number of amides is 1. The second-order valence-electron chi connectivity index (χ2n) is 6.71. The van der Waals surface area contributed by atoms with Gasteiger partial charge in [0.25, 0.3) is 0 Å². The van der Waals surface area contributed by atoms with Crippen LogP contribution in [0.4, 0.5) is 4.39 Å². The first-order chi connectivity index (χ1) is 12.0. The molecular formula is C17H23FN6O. The fourth-order valence-electron chi connectivity index (χ4n) is 3.39. The van der Waals surface area contributed by atoms with E-state index in [4.69, 9.17) is 5.73 Å². The molecule has 0 bridgehead atoms. The number of piperidine rings is 1. The minimum atomic E-state index is -0.396. The lowest BCUT2D eigenvalue weighted by molar-refractivity contribution is -0.123. The predicted molar refractivity (Wildman–Crippen MR) is 89.9 cm³/mol. The highest BCUT2D eigenvalue weighted by atomic mass is 19.1. The predicted octanol–water partition coefficient (Wildman–Crippen LogP) is 1.68. The first-order valence-corrected chi connectivity index (χ1v) is 8.54.